The third-order valence-electron chi connectivity index (χ3n) is 8.82. The maximum Gasteiger partial charge on any atom is 0.264 e. The van der Waals surface area contributed by atoms with Crippen LogP contribution in [-0.4, -0.2) is 87.5 Å². The number of anilines is 1. The Bertz CT molecular complexity index is 1590. The van der Waals surface area contributed by atoms with Crippen LogP contribution in [0.15, 0.2) is 48.5 Å². The fraction of sp³-hybridized carbons (Fsp3) is 0.455. The normalized spacial score (nSPS) is 21.2. The van der Waals surface area contributed by atoms with Gasteiger partial charge in [0.15, 0.2) is 6.61 Å². The highest BCUT2D eigenvalue weighted by Gasteiger charge is 2.35. The Morgan fingerprint density at radius 1 is 0.978 bits per heavy atom. The molecule has 1 fully saturated rings. The van der Waals surface area contributed by atoms with Crippen LogP contribution in [0.2, 0.25) is 0 Å². The molecule has 1 saturated heterocycles. The van der Waals surface area contributed by atoms with E-state index in [4.69, 9.17) is 9.72 Å². The van der Waals surface area contributed by atoms with Gasteiger partial charge in [0.1, 0.15) is 23.4 Å². The minimum atomic E-state index is -0.555. The Morgan fingerprint density at radius 2 is 1.80 bits per heavy atom. The SMILES string of the molecule is Cc1nc2n(n1)CCN(C(=O)c1ccc3c(c1)N(C)C(=O)CO3)CCCC(=O)N1CCCC[C@H]1C(=O)N[C@@H]2Cc1ccccc1. The molecule has 6 rings (SSSR count). The van der Waals surface area contributed by atoms with Gasteiger partial charge in [0.2, 0.25) is 11.8 Å². The Morgan fingerprint density at radius 3 is 2.62 bits per heavy atom. The van der Waals surface area contributed by atoms with E-state index in [0.717, 1.165) is 18.4 Å². The molecule has 3 aromatic rings. The van der Waals surface area contributed by atoms with Gasteiger partial charge in [0.05, 0.1) is 18.3 Å². The number of aryl methyl sites for hydroxylation is 1. The first kappa shape index (κ1) is 30.3. The number of hydrogen-bond donors (Lipinski definition) is 1. The first-order chi connectivity index (χ1) is 21.8. The molecule has 0 radical (unpaired) electrons. The average Bonchev–Trinajstić information content (AvgIpc) is 3.43. The number of amides is 4. The molecule has 4 heterocycles. The van der Waals surface area contributed by atoms with Gasteiger partial charge in [0, 0.05) is 38.7 Å². The number of hydrogen-bond acceptors (Lipinski definition) is 7. The van der Waals surface area contributed by atoms with Crippen LogP contribution in [-0.2, 0) is 27.3 Å². The summed E-state index contributed by atoms with van der Waals surface area (Å²) in [6, 6.07) is 13.9. The number of nitrogens with one attached hydrogen (secondary N) is 1. The first-order valence-electron chi connectivity index (χ1n) is 15.7. The predicted octanol–water partition coefficient (Wildman–Crippen LogP) is 2.66. The van der Waals surface area contributed by atoms with E-state index in [9.17, 15) is 19.2 Å². The summed E-state index contributed by atoms with van der Waals surface area (Å²) < 4.78 is 7.33. The van der Waals surface area contributed by atoms with E-state index in [-0.39, 0.29) is 36.7 Å². The van der Waals surface area contributed by atoms with E-state index >= 15 is 0 Å². The smallest absolute Gasteiger partial charge is 0.264 e. The summed E-state index contributed by atoms with van der Waals surface area (Å²) in [4.78, 5) is 63.2. The molecular formula is C33H39N7O5. The lowest BCUT2D eigenvalue weighted by Gasteiger charge is -2.36. The largest absolute Gasteiger partial charge is 0.482 e. The van der Waals surface area contributed by atoms with Crippen molar-refractivity contribution in [2.45, 2.75) is 64.1 Å². The van der Waals surface area contributed by atoms with Crippen LogP contribution in [0, 0.1) is 6.92 Å². The summed E-state index contributed by atoms with van der Waals surface area (Å²) >= 11 is 0. The molecule has 12 heteroatoms. The summed E-state index contributed by atoms with van der Waals surface area (Å²) in [6.45, 7) is 3.30. The van der Waals surface area contributed by atoms with Gasteiger partial charge < -0.3 is 24.8 Å². The predicted molar refractivity (Wildman–Crippen MR) is 166 cm³/mol. The van der Waals surface area contributed by atoms with Gasteiger partial charge in [-0.25, -0.2) is 9.67 Å². The van der Waals surface area contributed by atoms with Crippen molar-refractivity contribution in [2.75, 3.05) is 38.2 Å². The molecule has 0 bridgehead atoms. The number of likely N-dealkylation sites (N-methyl/N-ethyl adjacent to an activating group) is 1. The standard InChI is InChI=1S/C33H39N7O5/c1-22-34-31-25(19-23-9-4-3-5-10-23)35-32(43)26-11-6-7-16-39(26)29(41)12-8-15-38(17-18-40(31)36-22)33(44)24-13-14-28-27(20-24)37(2)30(42)21-45-28/h3-5,9-10,13-14,20,25-26H,6-8,11-12,15-19,21H2,1-2H3,(H,35,43)/t25-,26+/m1/s1. The van der Waals surface area contributed by atoms with Gasteiger partial charge in [-0.1, -0.05) is 30.3 Å². The molecular weight excluding hydrogens is 574 g/mol. The quantitative estimate of drug-likeness (QED) is 0.481. The molecule has 0 spiro atoms. The molecule has 45 heavy (non-hydrogen) atoms. The molecule has 1 aromatic heterocycles. The second-order valence-electron chi connectivity index (χ2n) is 11.9. The highest BCUT2D eigenvalue weighted by Crippen LogP contribution is 2.32. The second-order valence-corrected chi connectivity index (χ2v) is 11.9. The number of nitrogens with zero attached hydrogens (tertiary/aromatic N) is 6. The number of fused-ring (bicyclic) bond motifs is 3. The zero-order valence-corrected chi connectivity index (χ0v) is 25.8. The molecule has 2 atom stereocenters. The summed E-state index contributed by atoms with van der Waals surface area (Å²) in [5.41, 5.74) is 2.00. The van der Waals surface area contributed by atoms with Crippen molar-refractivity contribution in [3.63, 3.8) is 0 Å². The summed E-state index contributed by atoms with van der Waals surface area (Å²) in [5, 5.41) is 7.89. The topological polar surface area (TPSA) is 130 Å². The van der Waals surface area contributed by atoms with Gasteiger partial charge in [-0.3, -0.25) is 19.2 Å². The minimum Gasteiger partial charge on any atom is -0.482 e. The number of ether oxygens (including phenoxy) is 1. The number of piperidine rings is 1. The fourth-order valence-corrected chi connectivity index (χ4v) is 6.40. The Balaban J connectivity index is 1.33. The van der Waals surface area contributed by atoms with Gasteiger partial charge >= 0.3 is 0 Å². The molecule has 4 amide bonds. The fourth-order valence-electron chi connectivity index (χ4n) is 6.40. The maximum absolute atomic E-state index is 14.0. The highest BCUT2D eigenvalue weighted by atomic mass is 16.5. The van der Waals surface area contributed by atoms with Crippen LogP contribution in [0.3, 0.4) is 0 Å². The third kappa shape index (κ3) is 6.54. The zero-order chi connectivity index (χ0) is 31.5. The van der Waals surface area contributed by atoms with Gasteiger partial charge in [-0.15, -0.1) is 0 Å². The summed E-state index contributed by atoms with van der Waals surface area (Å²) in [5.74, 6) is 1.06. The number of rotatable bonds is 3. The van der Waals surface area contributed by atoms with Crippen molar-refractivity contribution in [2.24, 2.45) is 0 Å². The molecule has 3 aliphatic rings. The summed E-state index contributed by atoms with van der Waals surface area (Å²) in [6.07, 6.45) is 3.49. The molecule has 236 valence electrons. The van der Waals surface area contributed by atoms with Gasteiger partial charge in [-0.2, -0.15) is 5.10 Å². The van der Waals surface area contributed by atoms with Gasteiger partial charge in [-0.05, 0) is 62.8 Å². The highest BCUT2D eigenvalue weighted by molar-refractivity contribution is 6.01. The molecule has 1 N–H and O–H groups in total. The number of benzene rings is 2. The van der Waals surface area contributed by atoms with Crippen molar-refractivity contribution in [1.82, 2.24) is 29.9 Å². The van der Waals surface area contributed by atoms with Crippen LogP contribution in [0.25, 0.3) is 0 Å². The Labute approximate surface area is 262 Å². The van der Waals surface area contributed by atoms with E-state index in [1.807, 2.05) is 37.3 Å². The summed E-state index contributed by atoms with van der Waals surface area (Å²) in [7, 11) is 1.67. The van der Waals surface area contributed by atoms with Crippen molar-refractivity contribution < 1.29 is 23.9 Å². The van der Waals surface area contributed by atoms with Crippen LogP contribution in [0.1, 0.15) is 65.7 Å². The lowest BCUT2D eigenvalue weighted by Crippen LogP contribution is -2.53. The van der Waals surface area contributed by atoms with E-state index in [1.165, 1.54) is 4.90 Å². The molecule has 2 aromatic carbocycles. The number of carbonyl (C=O) groups is 4. The average molecular weight is 614 g/mol. The van der Waals surface area contributed by atoms with Crippen molar-refractivity contribution >= 4 is 29.3 Å². The van der Waals surface area contributed by atoms with E-state index < -0.39 is 12.1 Å². The Kier molecular flexibility index (Phi) is 8.81. The molecule has 3 aliphatic heterocycles. The minimum absolute atomic E-state index is 0.0415. The van der Waals surface area contributed by atoms with Crippen LogP contribution in [0.5, 0.6) is 5.75 Å². The monoisotopic (exact) mass is 613 g/mol. The number of carbonyl (C=O) groups excluding carboxylic acids is 4. The second kappa shape index (κ2) is 13.1. The third-order valence-corrected chi connectivity index (χ3v) is 8.82. The van der Waals surface area contributed by atoms with Crippen molar-refractivity contribution in [3.8, 4) is 5.75 Å². The Hall–Kier alpha value is -4.74. The lowest BCUT2D eigenvalue weighted by molar-refractivity contribution is -0.142. The lowest BCUT2D eigenvalue weighted by atomic mass is 9.99. The zero-order valence-electron chi connectivity index (χ0n) is 25.8. The van der Waals surface area contributed by atoms with E-state index in [2.05, 4.69) is 10.4 Å². The maximum atomic E-state index is 14.0. The van der Waals surface area contributed by atoms with Crippen molar-refractivity contribution in [3.05, 3.63) is 71.3 Å². The van der Waals surface area contributed by atoms with Crippen LogP contribution >= 0.6 is 0 Å². The van der Waals surface area contributed by atoms with Crippen LogP contribution < -0.4 is 15.0 Å². The first-order valence-corrected chi connectivity index (χ1v) is 15.7. The molecule has 0 saturated carbocycles. The van der Waals surface area contributed by atoms with Crippen LogP contribution in [0.4, 0.5) is 5.69 Å². The molecule has 12 nitrogen and oxygen atoms in total. The van der Waals surface area contributed by atoms with E-state index in [1.54, 1.807) is 39.7 Å². The molecule has 0 unspecified atom stereocenters. The van der Waals surface area contributed by atoms with Crippen molar-refractivity contribution in [1.29, 1.82) is 0 Å². The van der Waals surface area contributed by atoms with E-state index in [0.29, 0.717) is 74.1 Å². The number of aromatic nitrogens is 3. The molecule has 0 aliphatic carbocycles. The van der Waals surface area contributed by atoms with Gasteiger partial charge in [0.25, 0.3) is 11.8 Å².